The molecule has 0 radical (unpaired) electrons. The average Bonchev–Trinajstić information content (AvgIpc) is 3.15. The molecule has 2 N–H and O–H groups in total. The van der Waals surface area contributed by atoms with Gasteiger partial charge >= 0.3 is 6.18 Å². The molecule has 0 spiro atoms. The van der Waals surface area contributed by atoms with E-state index in [9.17, 15) is 18.0 Å². The van der Waals surface area contributed by atoms with Crippen molar-refractivity contribution in [1.29, 1.82) is 0 Å². The Kier molecular flexibility index (Phi) is 5.19. The molecule has 9 heteroatoms. The topological polar surface area (TPSA) is 64.2 Å². The lowest BCUT2D eigenvalue weighted by Gasteiger charge is -2.16. The highest BCUT2D eigenvalue weighted by atomic mass is 35.5. The Labute approximate surface area is 142 Å². The summed E-state index contributed by atoms with van der Waals surface area (Å²) in [4.78, 5) is 14.0. The molecule has 1 aliphatic rings. The fraction of sp³-hybridized carbons (Fsp3) is 0.333. The van der Waals surface area contributed by atoms with E-state index in [0.29, 0.717) is 24.3 Å². The molecule has 0 bridgehead atoms. The van der Waals surface area contributed by atoms with Crippen molar-refractivity contribution in [3.63, 3.8) is 0 Å². The normalized spacial score (nSPS) is 17.7. The lowest BCUT2D eigenvalue weighted by atomic mass is 10.2. The van der Waals surface area contributed by atoms with Crippen LogP contribution in [0.25, 0.3) is 5.69 Å². The first kappa shape index (κ1) is 18.3. The summed E-state index contributed by atoms with van der Waals surface area (Å²) in [5.41, 5.74) is 5.62. The maximum absolute atomic E-state index is 12.6. The van der Waals surface area contributed by atoms with Crippen molar-refractivity contribution in [2.24, 2.45) is 5.73 Å². The first-order valence-electron chi connectivity index (χ1n) is 7.13. The van der Waals surface area contributed by atoms with E-state index in [0.717, 1.165) is 17.2 Å². The summed E-state index contributed by atoms with van der Waals surface area (Å²) in [6.07, 6.45) is -2.53. The number of hydrogen-bond donors (Lipinski definition) is 1. The minimum Gasteiger partial charge on any atom is -0.337 e. The van der Waals surface area contributed by atoms with Crippen LogP contribution in [0.3, 0.4) is 0 Å². The van der Waals surface area contributed by atoms with Crippen molar-refractivity contribution in [1.82, 2.24) is 14.7 Å². The van der Waals surface area contributed by atoms with Crippen molar-refractivity contribution in [2.45, 2.75) is 18.6 Å². The first-order valence-corrected chi connectivity index (χ1v) is 7.13. The number of benzene rings is 1. The van der Waals surface area contributed by atoms with Crippen molar-refractivity contribution in [3.8, 4) is 5.69 Å². The van der Waals surface area contributed by atoms with Crippen molar-refractivity contribution < 1.29 is 18.0 Å². The smallest absolute Gasteiger partial charge is 0.337 e. The highest BCUT2D eigenvalue weighted by Crippen LogP contribution is 2.28. The molecule has 1 atom stereocenters. The molecular weight excluding hydrogens is 345 g/mol. The maximum Gasteiger partial charge on any atom is 0.435 e. The zero-order valence-corrected chi connectivity index (χ0v) is 13.3. The van der Waals surface area contributed by atoms with Gasteiger partial charge in [-0.2, -0.15) is 18.3 Å². The molecule has 2 heterocycles. The Morgan fingerprint density at radius 3 is 2.62 bits per heavy atom. The molecule has 3 rings (SSSR count). The van der Waals surface area contributed by atoms with Crippen LogP contribution in [0.5, 0.6) is 0 Å². The van der Waals surface area contributed by atoms with Gasteiger partial charge in [0.05, 0.1) is 5.69 Å². The molecule has 5 nitrogen and oxygen atoms in total. The minimum absolute atomic E-state index is 0. The van der Waals surface area contributed by atoms with Gasteiger partial charge in [0.2, 0.25) is 0 Å². The van der Waals surface area contributed by atoms with Crippen LogP contribution >= 0.6 is 12.4 Å². The van der Waals surface area contributed by atoms with Gasteiger partial charge < -0.3 is 10.6 Å². The van der Waals surface area contributed by atoms with Crippen LogP contribution in [0.15, 0.2) is 36.5 Å². The number of hydrogen-bond acceptors (Lipinski definition) is 3. The van der Waals surface area contributed by atoms with Crippen LogP contribution in [0.1, 0.15) is 22.5 Å². The number of nitrogens with zero attached hydrogens (tertiary/aromatic N) is 3. The first-order chi connectivity index (χ1) is 10.8. The number of carbonyl (C=O) groups excluding carboxylic acids is 1. The van der Waals surface area contributed by atoms with Crippen molar-refractivity contribution in [2.75, 3.05) is 13.1 Å². The second-order valence-electron chi connectivity index (χ2n) is 5.49. The van der Waals surface area contributed by atoms with Gasteiger partial charge in [0.15, 0.2) is 5.69 Å². The maximum atomic E-state index is 12.6. The molecule has 1 aliphatic heterocycles. The zero-order valence-electron chi connectivity index (χ0n) is 12.5. The van der Waals surface area contributed by atoms with Crippen LogP contribution in [0.2, 0.25) is 0 Å². The SMILES string of the molecule is Cl.NC1CCN(C(=O)c2cccc(-n3ccc(C(F)(F)F)n3)c2)C1. The number of amides is 1. The summed E-state index contributed by atoms with van der Waals surface area (Å²) in [5, 5.41) is 3.51. The molecule has 24 heavy (non-hydrogen) atoms. The Bertz CT molecular complexity index is 732. The monoisotopic (exact) mass is 360 g/mol. The molecular formula is C15H16ClF3N4O. The van der Waals surface area contributed by atoms with Crippen molar-refractivity contribution in [3.05, 3.63) is 47.8 Å². The lowest BCUT2D eigenvalue weighted by molar-refractivity contribution is -0.141. The molecule has 1 aromatic carbocycles. The van der Waals surface area contributed by atoms with Gasteiger partial charge in [-0.3, -0.25) is 4.79 Å². The van der Waals surface area contributed by atoms with Gasteiger partial charge in [-0.15, -0.1) is 12.4 Å². The van der Waals surface area contributed by atoms with Gasteiger partial charge in [-0.25, -0.2) is 4.68 Å². The van der Waals surface area contributed by atoms with E-state index in [1.54, 1.807) is 23.1 Å². The molecule has 2 aromatic rings. The largest absolute Gasteiger partial charge is 0.435 e. The summed E-state index contributed by atoms with van der Waals surface area (Å²) < 4.78 is 39.0. The lowest BCUT2D eigenvalue weighted by Crippen LogP contribution is -2.31. The summed E-state index contributed by atoms with van der Waals surface area (Å²) in [6.45, 7) is 1.08. The average molecular weight is 361 g/mol. The van der Waals surface area contributed by atoms with Gasteiger partial charge in [-0.1, -0.05) is 6.07 Å². The summed E-state index contributed by atoms with van der Waals surface area (Å²) in [6, 6.07) is 7.24. The van der Waals surface area contributed by atoms with E-state index in [1.165, 1.54) is 12.3 Å². The van der Waals surface area contributed by atoms with Gasteiger partial charge in [-0.05, 0) is 30.7 Å². The highest BCUT2D eigenvalue weighted by Gasteiger charge is 2.33. The predicted molar refractivity (Wildman–Crippen MR) is 84.3 cm³/mol. The number of alkyl halides is 3. The third kappa shape index (κ3) is 3.70. The molecule has 1 aromatic heterocycles. The Morgan fingerprint density at radius 2 is 2.04 bits per heavy atom. The molecule has 1 fully saturated rings. The Morgan fingerprint density at radius 1 is 1.29 bits per heavy atom. The molecule has 1 amide bonds. The van der Waals surface area contributed by atoms with Gasteiger partial charge in [0, 0.05) is 30.9 Å². The van der Waals surface area contributed by atoms with E-state index in [2.05, 4.69) is 5.10 Å². The van der Waals surface area contributed by atoms with E-state index in [4.69, 9.17) is 5.73 Å². The number of rotatable bonds is 2. The third-order valence-electron chi connectivity index (χ3n) is 3.75. The van der Waals surface area contributed by atoms with Crippen LogP contribution in [-0.4, -0.2) is 39.7 Å². The quantitative estimate of drug-likeness (QED) is 0.895. The second-order valence-corrected chi connectivity index (χ2v) is 5.49. The standard InChI is InChI=1S/C15H15F3N4O.ClH/c16-15(17,18)13-5-7-22(20-13)12-3-1-2-10(8-12)14(23)21-6-4-11(19)9-21;/h1-3,5,7-8,11H,4,6,9,19H2;1H. The van der Waals surface area contributed by atoms with Gasteiger partial charge in [0.1, 0.15) is 0 Å². The summed E-state index contributed by atoms with van der Waals surface area (Å²) in [7, 11) is 0. The molecule has 0 saturated carbocycles. The fourth-order valence-electron chi connectivity index (χ4n) is 2.55. The van der Waals surface area contributed by atoms with Crippen molar-refractivity contribution >= 4 is 18.3 Å². The number of carbonyl (C=O) groups is 1. The number of likely N-dealkylation sites (tertiary alicyclic amines) is 1. The third-order valence-corrected chi connectivity index (χ3v) is 3.75. The van der Waals surface area contributed by atoms with Crippen LogP contribution in [0, 0.1) is 0 Å². The second kappa shape index (κ2) is 6.82. The van der Waals surface area contributed by atoms with Crippen LogP contribution in [0.4, 0.5) is 13.2 Å². The predicted octanol–water partition coefficient (Wildman–Crippen LogP) is 2.49. The Balaban J connectivity index is 0.00000208. The number of nitrogens with two attached hydrogens (primary N) is 1. The van der Waals surface area contributed by atoms with Crippen LogP contribution in [-0.2, 0) is 6.18 Å². The Hall–Kier alpha value is -2.06. The summed E-state index contributed by atoms with van der Waals surface area (Å²) in [5.74, 6) is -0.178. The van der Waals surface area contributed by atoms with Crippen LogP contribution < -0.4 is 5.73 Å². The number of halogens is 4. The van der Waals surface area contributed by atoms with E-state index >= 15 is 0 Å². The number of aromatic nitrogens is 2. The van der Waals surface area contributed by atoms with E-state index in [1.807, 2.05) is 0 Å². The van der Waals surface area contributed by atoms with E-state index in [-0.39, 0.29) is 24.4 Å². The zero-order chi connectivity index (χ0) is 16.6. The molecule has 130 valence electrons. The fourth-order valence-corrected chi connectivity index (χ4v) is 2.55. The summed E-state index contributed by atoms with van der Waals surface area (Å²) >= 11 is 0. The molecule has 1 unspecified atom stereocenters. The van der Waals surface area contributed by atoms with Gasteiger partial charge in [0.25, 0.3) is 5.91 Å². The van der Waals surface area contributed by atoms with E-state index < -0.39 is 11.9 Å². The minimum atomic E-state index is -4.50. The molecule has 0 aliphatic carbocycles. The molecule has 1 saturated heterocycles. The highest BCUT2D eigenvalue weighted by molar-refractivity contribution is 5.95.